The van der Waals surface area contributed by atoms with E-state index < -0.39 is 0 Å². The quantitative estimate of drug-likeness (QED) is 0.789. The van der Waals surface area contributed by atoms with Crippen molar-refractivity contribution in [2.45, 2.75) is 13.0 Å². The van der Waals surface area contributed by atoms with E-state index in [0.717, 1.165) is 5.76 Å². The molecule has 1 aromatic carbocycles. The summed E-state index contributed by atoms with van der Waals surface area (Å²) in [5.74, 6) is 0.768. The van der Waals surface area contributed by atoms with Gasteiger partial charge in [0.25, 0.3) is 0 Å². The maximum Gasteiger partial charge on any atom is 0.173 e. The van der Waals surface area contributed by atoms with Crippen LogP contribution in [0.25, 0.3) is 0 Å². The first kappa shape index (κ1) is 16.6. The number of nitrogens with zero attached hydrogens (tertiary/aromatic N) is 2. The van der Waals surface area contributed by atoms with Gasteiger partial charge in [-0.15, -0.1) is 0 Å². The van der Waals surface area contributed by atoms with Gasteiger partial charge in [0, 0.05) is 11.6 Å². The molecule has 2 aromatic rings. The number of thiocarbonyl (C=S) groups is 1. The number of furan rings is 1. The van der Waals surface area contributed by atoms with E-state index in [1.807, 2.05) is 17.0 Å². The molecular weight excluding hydrogens is 341 g/mol. The van der Waals surface area contributed by atoms with Crippen molar-refractivity contribution in [3.05, 3.63) is 52.4 Å². The Bertz CT molecular complexity index is 683. The van der Waals surface area contributed by atoms with Crippen molar-refractivity contribution in [2.75, 3.05) is 11.9 Å². The Morgan fingerprint density at radius 1 is 1.36 bits per heavy atom. The van der Waals surface area contributed by atoms with E-state index in [-0.39, 0.29) is 0 Å². The summed E-state index contributed by atoms with van der Waals surface area (Å²) >= 11 is 17.4. The molecule has 114 valence electrons. The number of nitriles is 1. The molecule has 2 rings (SSSR count). The molecule has 0 aliphatic carbocycles. The van der Waals surface area contributed by atoms with Crippen LogP contribution in [-0.2, 0) is 6.54 Å². The van der Waals surface area contributed by atoms with Gasteiger partial charge in [0.1, 0.15) is 5.76 Å². The number of anilines is 1. The highest BCUT2D eigenvalue weighted by atomic mass is 35.5. The Balaban J connectivity index is 2.09. The number of hydrogen-bond donors (Lipinski definition) is 1. The Hall–Kier alpha value is -1.74. The van der Waals surface area contributed by atoms with E-state index in [1.54, 1.807) is 24.5 Å². The summed E-state index contributed by atoms with van der Waals surface area (Å²) in [5.41, 5.74) is 0.664. The monoisotopic (exact) mass is 353 g/mol. The summed E-state index contributed by atoms with van der Waals surface area (Å²) in [7, 11) is 0. The van der Waals surface area contributed by atoms with Gasteiger partial charge in [0.2, 0.25) is 0 Å². The Labute approximate surface area is 144 Å². The Morgan fingerprint density at radius 2 is 2.18 bits per heavy atom. The lowest BCUT2D eigenvalue weighted by molar-refractivity contribution is 0.371. The van der Waals surface area contributed by atoms with Gasteiger partial charge in [0.05, 0.1) is 36.0 Å². The van der Waals surface area contributed by atoms with E-state index in [1.165, 1.54) is 0 Å². The minimum absolute atomic E-state index is 0.358. The summed E-state index contributed by atoms with van der Waals surface area (Å²) < 4.78 is 5.33. The number of rotatable bonds is 5. The van der Waals surface area contributed by atoms with Gasteiger partial charge < -0.3 is 14.6 Å². The molecule has 0 amide bonds. The first-order valence-corrected chi connectivity index (χ1v) is 7.67. The second-order valence-electron chi connectivity index (χ2n) is 4.46. The number of benzene rings is 1. The molecule has 0 unspecified atom stereocenters. The minimum Gasteiger partial charge on any atom is -0.467 e. The standard InChI is InChI=1S/C15H13Cl2N3OS/c16-11-4-5-14(13(17)9-11)19-15(22)20(7-2-6-18)10-12-3-1-8-21-12/h1,3-5,8-9H,2,7,10H2,(H,19,22). The maximum absolute atomic E-state index is 8.79. The molecule has 1 heterocycles. The Kier molecular flexibility index (Phi) is 6.08. The normalized spacial score (nSPS) is 10.0. The van der Waals surface area contributed by atoms with Crippen LogP contribution in [0.1, 0.15) is 12.2 Å². The molecule has 0 aliphatic heterocycles. The lowest BCUT2D eigenvalue weighted by Gasteiger charge is -2.24. The van der Waals surface area contributed by atoms with Crippen LogP contribution in [-0.4, -0.2) is 16.6 Å². The Morgan fingerprint density at radius 3 is 2.82 bits per heavy atom. The fourth-order valence-electron chi connectivity index (χ4n) is 1.81. The fraction of sp³-hybridized carbons (Fsp3) is 0.200. The zero-order valence-electron chi connectivity index (χ0n) is 11.6. The van der Waals surface area contributed by atoms with Crippen LogP contribution in [0, 0.1) is 11.3 Å². The van der Waals surface area contributed by atoms with Crippen LogP contribution >= 0.6 is 35.4 Å². The van der Waals surface area contributed by atoms with Crippen LogP contribution in [0.2, 0.25) is 10.0 Å². The lowest BCUT2D eigenvalue weighted by Crippen LogP contribution is -2.35. The van der Waals surface area contributed by atoms with Gasteiger partial charge in [-0.3, -0.25) is 0 Å². The average Bonchev–Trinajstić information content (AvgIpc) is 2.99. The number of hydrogen-bond acceptors (Lipinski definition) is 3. The van der Waals surface area contributed by atoms with Gasteiger partial charge in [-0.2, -0.15) is 5.26 Å². The molecule has 0 bridgehead atoms. The zero-order valence-corrected chi connectivity index (χ0v) is 13.9. The van der Waals surface area contributed by atoms with Crippen molar-refractivity contribution in [1.29, 1.82) is 5.26 Å². The van der Waals surface area contributed by atoms with Gasteiger partial charge >= 0.3 is 0 Å². The highest BCUT2D eigenvalue weighted by Gasteiger charge is 2.13. The van der Waals surface area contributed by atoms with Crippen LogP contribution in [0.5, 0.6) is 0 Å². The first-order chi connectivity index (χ1) is 10.6. The fourth-order valence-corrected chi connectivity index (χ4v) is 2.53. The summed E-state index contributed by atoms with van der Waals surface area (Å²) in [5, 5.41) is 13.4. The molecule has 0 fully saturated rings. The van der Waals surface area contributed by atoms with Crippen LogP contribution in [0.4, 0.5) is 5.69 Å². The van der Waals surface area contributed by atoms with Gasteiger partial charge in [-0.1, -0.05) is 23.2 Å². The average molecular weight is 354 g/mol. The summed E-state index contributed by atoms with van der Waals surface area (Å²) in [6, 6.07) is 10.9. The van der Waals surface area contributed by atoms with Crippen molar-refractivity contribution < 1.29 is 4.42 Å². The van der Waals surface area contributed by atoms with Crippen molar-refractivity contribution in [2.24, 2.45) is 0 Å². The summed E-state index contributed by atoms with van der Waals surface area (Å²) in [4.78, 5) is 1.85. The number of nitrogens with one attached hydrogen (secondary N) is 1. The van der Waals surface area contributed by atoms with E-state index in [4.69, 9.17) is 45.1 Å². The molecule has 0 saturated heterocycles. The van der Waals surface area contributed by atoms with E-state index >= 15 is 0 Å². The summed E-state index contributed by atoms with van der Waals surface area (Å²) in [6.07, 6.45) is 1.96. The molecule has 22 heavy (non-hydrogen) atoms. The van der Waals surface area contributed by atoms with Crippen LogP contribution in [0.15, 0.2) is 41.0 Å². The lowest BCUT2D eigenvalue weighted by atomic mass is 10.3. The molecule has 0 radical (unpaired) electrons. The van der Waals surface area contributed by atoms with E-state index in [0.29, 0.717) is 40.4 Å². The smallest absolute Gasteiger partial charge is 0.173 e. The molecule has 1 N–H and O–H groups in total. The topological polar surface area (TPSA) is 52.2 Å². The second-order valence-corrected chi connectivity index (χ2v) is 5.69. The molecule has 0 spiro atoms. The molecule has 0 saturated carbocycles. The van der Waals surface area contributed by atoms with Gasteiger partial charge in [0.15, 0.2) is 5.11 Å². The molecule has 0 aliphatic rings. The third-order valence-electron chi connectivity index (χ3n) is 2.88. The molecular formula is C15H13Cl2N3OS. The molecule has 4 nitrogen and oxygen atoms in total. The SMILES string of the molecule is N#CCCN(Cc1ccco1)C(=S)Nc1ccc(Cl)cc1Cl. The van der Waals surface area contributed by atoms with Crippen molar-refractivity contribution in [3.8, 4) is 6.07 Å². The van der Waals surface area contributed by atoms with Crippen molar-refractivity contribution in [3.63, 3.8) is 0 Å². The third kappa shape index (κ3) is 4.63. The molecule has 0 atom stereocenters. The zero-order chi connectivity index (χ0) is 15.9. The van der Waals surface area contributed by atoms with Crippen LogP contribution in [0.3, 0.4) is 0 Å². The predicted molar refractivity (Wildman–Crippen MR) is 92.0 cm³/mol. The van der Waals surface area contributed by atoms with E-state index in [9.17, 15) is 0 Å². The maximum atomic E-state index is 8.79. The number of halogens is 2. The van der Waals surface area contributed by atoms with Crippen molar-refractivity contribution >= 4 is 46.2 Å². The second kappa shape index (κ2) is 8.04. The largest absolute Gasteiger partial charge is 0.467 e. The predicted octanol–water partition coefficient (Wildman–Crippen LogP) is 4.70. The molecule has 1 aromatic heterocycles. The minimum atomic E-state index is 0.358. The van der Waals surface area contributed by atoms with Crippen molar-refractivity contribution in [1.82, 2.24) is 4.90 Å². The third-order valence-corrected chi connectivity index (χ3v) is 3.79. The summed E-state index contributed by atoms with van der Waals surface area (Å²) in [6.45, 7) is 0.972. The van der Waals surface area contributed by atoms with Crippen LogP contribution < -0.4 is 5.32 Å². The van der Waals surface area contributed by atoms with Gasteiger partial charge in [-0.05, 0) is 42.5 Å². The molecule has 7 heteroatoms. The van der Waals surface area contributed by atoms with E-state index in [2.05, 4.69) is 11.4 Å². The highest BCUT2D eigenvalue weighted by Crippen LogP contribution is 2.25. The van der Waals surface area contributed by atoms with Gasteiger partial charge in [-0.25, -0.2) is 0 Å². The first-order valence-electron chi connectivity index (χ1n) is 6.50. The highest BCUT2D eigenvalue weighted by molar-refractivity contribution is 7.80.